The highest BCUT2D eigenvalue weighted by atomic mass is 35.5. The molecule has 25 heavy (non-hydrogen) atoms. The van der Waals surface area contributed by atoms with Gasteiger partial charge in [-0.2, -0.15) is 0 Å². The molecule has 2 heterocycles. The molecule has 0 spiro atoms. The largest absolute Gasteiger partial charge is 0.494 e. The number of rotatable bonds is 6. The van der Waals surface area contributed by atoms with E-state index in [-0.39, 0.29) is 0 Å². The number of hydrogen-bond acceptors (Lipinski definition) is 6. The Hall–Kier alpha value is -1.83. The molecule has 0 amide bonds. The van der Waals surface area contributed by atoms with E-state index in [1.54, 1.807) is 6.92 Å². The molecule has 0 aliphatic heterocycles. The van der Waals surface area contributed by atoms with Crippen LogP contribution in [0.3, 0.4) is 0 Å². The van der Waals surface area contributed by atoms with E-state index >= 15 is 0 Å². The van der Waals surface area contributed by atoms with Crippen molar-refractivity contribution in [3.8, 4) is 16.9 Å². The molecule has 0 fully saturated rings. The van der Waals surface area contributed by atoms with E-state index in [9.17, 15) is 4.79 Å². The summed E-state index contributed by atoms with van der Waals surface area (Å²) in [5.41, 5.74) is 1.95. The molecule has 1 aromatic carbocycles. The van der Waals surface area contributed by atoms with Gasteiger partial charge in [-0.05, 0) is 31.5 Å². The zero-order valence-corrected chi connectivity index (χ0v) is 15.9. The van der Waals surface area contributed by atoms with Crippen molar-refractivity contribution in [2.45, 2.75) is 24.3 Å². The van der Waals surface area contributed by atoms with Crippen molar-refractivity contribution in [1.29, 1.82) is 0 Å². The van der Waals surface area contributed by atoms with Crippen molar-refractivity contribution in [3.63, 3.8) is 0 Å². The van der Waals surface area contributed by atoms with Gasteiger partial charge in [0.05, 0.1) is 12.0 Å². The Morgan fingerprint density at radius 2 is 2.08 bits per heavy atom. The Labute approximate surface area is 158 Å². The van der Waals surface area contributed by atoms with Gasteiger partial charge in [0.1, 0.15) is 21.0 Å². The van der Waals surface area contributed by atoms with Gasteiger partial charge in [0.2, 0.25) is 0 Å². The molecule has 3 rings (SSSR count). The van der Waals surface area contributed by atoms with Crippen molar-refractivity contribution in [1.82, 2.24) is 9.97 Å². The van der Waals surface area contributed by atoms with Gasteiger partial charge in [0.15, 0.2) is 5.16 Å². The minimum Gasteiger partial charge on any atom is -0.494 e. The quantitative estimate of drug-likeness (QED) is 0.361. The lowest BCUT2D eigenvalue weighted by molar-refractivity contribution is -0.136. The molecular formula is C17H15ClN2O3S2. The predicted molar refractivity (Wildman–Crippen MR) is 102 cm³/mol. The minimum absolute atomic E-state index is 0.329. The molecule has 1 atom stereocenters. The highest BCUT2D eigenvalue weighted by molar-refractivity contribution is 8.00. The average Bonchev–Trinajstić information content (AvgIpc) is 3.00. The molecule has 130 valence electrons. The van der Waals surface area contributed by atoms with Gasteiger partial charge in [-0.25, -0.2) is 9.97 Å². The van der Waals surface area contributed by atoms with Gasteiger partial charge in [-0.15, -0.1) is 11.3 Å². The predicted octanol–water partition coefficient (Wildman–Crippen LogP) is 4.98. The van der Waals surface area contributed by atoms with Crippen LogP contribution >= 0.6 is 34.7 Å². The number of thioether (sulfide) groups is 1. The molecule has 0 saturated heterocycles. The summed E-state index contributed by atoms with van der Waals surface area (Å²) >= 11 is 8.91. The number of thiophene rings is 1. The van der Waals surface area contributed by atoms with Crippen molar-refractivity contribution >= 4 is 50.9 Å². The Kier molecular flexibility index (Phi) is 5.46. The number of carboxylic acid groups (broad SMARTS) is 1. The molecule has 0 saturated carbocycles. The van der Waals surface area contributed by atoms with Gasteiger partial charge in [-0.1, -0.05) is 35.5 Å². The van der Waals surface area contributed by atoms with Gasteiger partial charge >= 0.3 is 5.97 Å². The maximum Gasteiger partial charge on any atom is 0.316 e. The fourth-order valence-corrected chi connectivity index (χ4v) is 4.34. The average molecular weight is 395 g/mol. The zero-order chi connectivity index (χ0) is 18.0. The number of fused-ring (bicyclic) bond motifs is 1. The van der Waals surface area contributed by atoms with E-state index < -0.39 is 11.2 Å². The van der Waals surface area contributed by atoms with Crippen molar-refractivity contribution in [3.05, 3.63) is 34.8 Å². The number of hydrogen-bond donors (Lipinski definition) is 1. The highest BCUT2D eigenvalue weighted by Crippen LogP contribution is 2.38. The number of aliphatic carboxylic acids is 1. The monoisotopic (exact) mass is 394 g/mol. The first-order chi connectivity index (χ1) is 12.0. The summed E-state index contributed by atoms with van der Waals surface area (Å²) in [5.74, 6) is -0.0967. The third-order valence-corrected chi connectivity index (χ3v) is 5.57. The van der Waals surface area contributed by atoms with Gasteiger partial charge < -0.3 is 9.84 Å². The molecule has 1 N–H and O–H groups in total. The molecule has 5 nitrogen and oxygen atoms in total. The Morgan fingerprint density at radius 3 is 2.72 bits per heavy atom. The first-order valence-corrected chi connectivity index (χ1v) is 9.70. The molecule has 0 aliphatic carbocycles. The minimum atomic E-state index is -0.911. The summed E-state index contributed by atoms with van der Waals surface area (Å²) in [7, 11) is 0. The number of ether oxygens (including phenoxy) is 1. The van der Waals surface area contributed by atoms with Crippen LogP contribution in [-0.4, -0.2) is 32.9 Å². The normalized spacial score (nSPS) is 12.3. The summed E-state index contributed by atoms with van der Waals surface area (Å²) in [6.07, 6.45) is 0. The number of halogens is 1. The molecule has 3 aromatic rings. The number of nitrogens with zero attached hydrogens (tertiary/aromatic N) is 2. The lowest BCUT2D eigenvalue weighted by atomic mass is 10.1. The van der Waals surface area contributed by atoms with E-state index in [0.29, 0.717) is 16.9 Å². The van der Waals surface area contributed by atoms with E-state index in [4.69, 9.17) is 21.4 Å². The van der Waals surface area contributed by atoms with Crippen LogP contribution < -0.4 is 4.74 Å². The summed E-state index contributed by atoms with van der Waals surface area (Å²) in [4.78, 5) is 20.5. The second kappa shape index (κ2) is 7.59. The second-order valence-electron chi connectivity index (χ2n) is 5.18. The van der Waals surface area contributed by atoms with Crippen molar-refractivity contribution in [2.24, 2.45) is 0 Å². The Morgan fingerprint density at radius 1 is 1.36 bits per heavy atom. The van der Waals surface area contributed by atoms with Crippen LogP contribution in [0, 0.1) is 0 Å². The molecule has 0 radical (unpaired) electrons. The summed E-state index contributed by atoms with van der Waals surface area (Å²) in [6.45, 7) is 4.15. The number of carboxylic acids is 1. The maximum atomic E-state index is 11.0. The number of benzene rings is 1. The van der Waals surface area contributed by atoms with Crippen molar-refractivity contribution < 1.29 is 14.6 Å². The third-order valence-electron chi connectivity index (χ3n) is 3.48. The van der Waals surface area contributed by atoms with Crippen LogP contribution in [0.15, 0.2) is 34.8 Å². The lowest BCUT2D eigenvalue weighted by Crippen LogP contribution is -2.11. The van der Waals surface area contributed by atoms with E-state index in [1.165, 1.54) is 11.3 Å². The van der Waals surface area contributed by atoms with E-state index in [1.807, 2.05) is 36.6 Å². The molecular weight excluding hydrogens is 380 g/mol. The SMILES string of the molecule is CCOc1ccc(-c2csc3nc(SC(C)C(=O)O)nc(Cl)c23)cc1. The van der Waals surface area contributed by atoms with Crippen LogP contribution in [0.5, 0.6) is 5.75 Å². The third kappa shape index (κ3) is 3.89. The Balaban J connectivity index is 1.97. The molecule has 0 bridgehead atoms. The molecule has 1 unspecified atom stereocenters. The second-order valence-corrected chi connectivity index (χ2v) is 7.71. The fraction of sp³-hybridized carbons (Fsp3) is 0.235. The Bertz CT molecular complexity index is 912. The first-order valence-electron chi connectivity index (χ1n) is 7.57. The van der Waals surface area contributed by atoms with Crippen LogP contribution in [-0.2, 0) is 4.79 Å². The van der Waals surface area contributed by atoms with E-state index in [2.05, 4.69) is 9.97 Å². The zero-order valence-electron chi connectivity index (χ0n) is 13.5. The molecule has 2 aromatic heterocycles. The number of carbonyl (C=O) groups is 1. The van der Waals surface area contributed by atoms with Crippen molar-refractivity contribution in [2.75, 3.05) is 6.61 Å². The van der Waals surface area contributed by atoms with Crippen LogP contribution in [0.2, 0.25) is 5.15 Å². The smallest absolute Gasteiger partial charge is 0.316 e. The molecule has 0 aliphatic rings. The standard InChI is InChI=1S/C17H15ClN2O3S2/c1-3-23-11-6-4-10(5-7-11)12-8-24-15-13(12)14(18)19-17(20-15)25-9(2)16(21)22/h4-9H,3H2,1-2H3,(H,21,22). The maximum absolute atomic E-state index is 11.0. The van der Waals surface area contributed by atoms with Crippen LogP contribution in [0.1, 0.15) is 13.8 Å². The summed E-state index contributed by atoms with van der Waals surface area (Å²) < 4.78 is 5.46. The lowest BCUT2D eigenvalue weighted by Gasteiger charge is -2.07. The van der Waals surface area contributed by atoms with Gasteiger partial charge in [-0.3, -0.25) is 4.79 Å². The van der Waals surface area contributed by atoms with Crippen LogP contribution in [0.25, 0.3) is 21.3 Å². The summed E-state index contributed by atoms with van der Waals surface area (Å²) in [5, 5.41) is 11.8. The highest BCUT2D eigenvalue weighted by Gasteiger charge is 2.18. The van der Waals surface area contributed by atoms with E-state index in [0.717, 1.165) is 38.9 Å². The van der Waals surface area contributed by atoms with Gasteiger partial charge in [0, 0.05) is 10.9 Å². The topological polar surface area (TPSA) is 72.3 Å². The summed E-state index contributed by atoms with van der Waals surface area (Å²) in [6, 6.07) is 7.77. The molecule has 8 heteroatoms. The van der Waals surface area contributed by atoms with Gasteiger partial charge in [0.25, 0.3) is 0 Å². The fourth-order valence-electron chi connectivity index (χ4n) is 2.25. The van der Waals surface area contributed by atoms with Crippen LogP contribution in [0.4, 0.5) is 0 Å². The number of aromatic nitrogens is 2. The first kappa shape index (κ1) is 18.0.